The third-order valence-corrected chi connectivity index (χ3v) is 3.39. The van der Waals surface area contributed by atoms with Crippen LogP contribution in [0.3, 0.4) is 0 Å². The number of hydrogen-bond donors (Lipinski definition) is 1. The van der Waals surface area contributed by atoms with Gasteiger partial charge in [0.05, 0.1) is 5.69 Å². The fourth-order valence-corrected chi connectivity index (χ4v) is 2.36. The third kappa shape index (κ3) is 2.78. The van der Waals surface area contributed by atoms with E-state index in [-0.39, 0.29) is 5.69 Å². The monoisotopic (exact) mass is 264 g/mol. The molecule has 2 aromatic rings. The van der Waals surface area contributed by atoms with E-state index < -0.39 is 11.6 Å². The fraction of sp³-hybridized carbons (Fsp3) is 0.333. The number of aryl methyl sites for hydroxylation is 1. The molecule has 0 aliphatic heterocycles. The molecular weight excluding hydrogens is 246 g/mol. The Balaban J connectivity index is 2.17. The number of nitrogens with one attached hydrogen (secondary N) is 1. The Morgan fingerprint density at radius 1 is 1.16 bits per heavy atom. The molecule has 0 aliphatic carbocycles. The topological polar surface area (TPSA) is 17.0 Å². The predicted octanol–water partition coefficient (Wildman–Crippen LogP) is 4.02. The van der Waals surface area contributed by atoms with E-state index in [4.69, 9.17) is 0 Å². The van der Waals surface area contributed by atoms with Crippen LogP contribution in [0.2, 0.25) is 0 Å². The molecule has 0 amide bonds. The Kier molecular flexibility index (Phi) is 3.88. The maximum Gasteiger partial charge on any atom is 0.146 e. The van der Waals surface area contributed by atoms with Crippen LogP contribution in [0.5, 0.6) is 0 Å². The standard InChI is InChI=1S/C15H18F2N2/c1-4-19-10(2)7-12(11(19)3)9-18-15-8-13(16)5-6-14(15)17/h5-8,18H,4,9H2,1-3H3. The number of halogens is 2. The van der Waals surface area contributed by atoms with E-state index in [1.807, 2.05) is 13.8 Å². The van der Waals surface area contributed by atoms with Gasteiger partial charge in [0, 0.05) is 24.5 Å². The summed E-state index contributed by atoms with van der Waals surface area (Å²) in [6.07, 6.45) is 0. The first-order valence-electron chi connectivity index (χ1n) is 6.37. The fourth-order valence-electron chi connectivity index (χ4n) is 2.36. The van der Waals surface area contributed by atoms with Gasteiger partial charge in [-0.1, -0.05) is 0 Å². The van der Waals surface area contributed by atoms with E-state index in [9.17, 15) is 8.78 Å². The summed E-state index contributed by atoms with van der Waals surface area (Å²) in [5, 5.41) is 2.95. The minimum Gasteiger partial charge on any atom is -0.378 e. The van der Waals surface area contributed by atoms with Crippen molar-refractivity contribution in [1.29, 1.82) is 0 Å². The molecule has 0 bridgehead atoms. The second-order valence-electron chi connectivity index (χ2n) is 4.62. The predicted molar refractivity (Wildman–Crippen MR) is 73.3 cm³/mol. The lowest BCUT2D eigenvalue weighted by Crippen LogP contribution is -2.04. The molecule has 0 unspecified atom stereocenters. The summed E-state index contributed by atoms with van der Waals surface area (Å²) < 4.78 is 28.7. The molecule has 102 valence electrons. The van der Waals surface area contributed by atoms with Gasteiger partial charge in [-0.15, -0.1) is 0 Å². The van der Waals surface area contributed by atoms with Crippen molar-refractivity contribution < 1.29 is 8.78 Å². The summed E-state index contributed by atoms with van der Waals surface area (Å²) in [7, 11) is 0. The normalized spacial score (nSPS) is 10.8. The summed E-state index contributed by atoms with van der Waals surface area (Å²) in [5.41, 5.74) is 3.63. The lowest BCUT2D eigenvalue weighted by atomic mass is 10.2. The highest BCUT2D eigenvalue weighted by Gasteiger charge is 2.09. The van der Waals surface area contributed by atoms with Crippen LogP contribution in [-0.2, 0) is 13.1 Å². The molecule has 0 spiro atoms. The molecule has 4 heteroatoms. The molecule has 2 nitrogen and oxygen atoms in total. The average molecular weight is 264 g/mol. The van der Waals surface area contributed by atoms with Crippen molar-refractivity contribution in [2.24, 2.45) is 0 Å². The van der Waals surface area contributed by atoms with E-state index in [0.717, 1.165) is 29.9 Å². The highest BCUT2D eigenvalue weighted by Crippen LogP contribution is 2.19. The zero-order valence-electron chi connectivity index (χ0n) is 11.4. The van der Waals surface area contributed by atoms with Crippen molar-refractivity contribution in [2.45, 2.75) is 33.9 Å². The molecule has 2 rings (SSSR count). The number of benzene rings is 1. The molecular formula is C15H18F2N2. The number of aromatic nitrogens is 1. The van der Waals surface area contributed by atoms with Crippen LogP contribution in [0.15, 0.2) is 24.3 Å². The summed E-state index contributed by atoms with van der Waals surface area (Å²) in [6.45, 7) is 7.56. The zero-order chi connectivity index (χ0) is 14.0. The van der Waals surface area contributed by atoms with Gasteiger partial charge in [-0.3, -0.25) is 0 Å². The van der Waals surface area contributed by atoms with Crippen LogP contribution in [0, 0.1) is 25.5 Å². The molecule has 1 N–H and O–H groups in total. The number of hydrogen-bond acceptors (Lipinski definition) is 1. The lowest BCUT2D eigenvalue weighted by molar-refractivity contribution is 0.602. The molecule has 0 saturated carbocycles. The molecule has 1 aromatic carbocycles. The molecule has 0 atom stereocenters. The first kappa shape index (κ1) is 13.6. The van der Waals surface area contributed by atoms with Gasteiger partial charge in [-0.2, -0.15) is 0 Å². The average Bonchev–Trinajstić information content (AvgIpc) is 2.65. The Hall–Kier alpha value is -1.84. The largest absolute Gasteiger partial charge is 0.378 e. The molecule has 0 radical (unpaired) electrons. The van der Waals surface area contributed by atoms with Crippen LogP contribution in [-0.4, -0.2) is 4.57 Å². The van der Waals surface area contributed by atoms with Gasteiger partial charge in [0.25, 0.3) is 0 Å². The van der Waals surface area contributed by atoms with Gasteiger partial charge in [0.2, 0.25) is 0 Å². The van der Waals surface area contributed by atoms with Gasteiger partial charge >= 0.3 is 0 Å². The Labute approximate surface area is 112 Å². The maximum atomic E-state index is 13.5. The van der Waals surface area contributed by atoms with Crippen molar-refractivity contribution in [3.8, 4) is 0 Å². The van der Waals surface area contributed by atoms with Gasteiger partial charge in [-0.05, 0) is 50.6 Å². The Morgan fingerprint density at radius 3 is 2.53 bits per heavy atom. The molecule has 0 aliphatic rings. The maximum absolute atomic E-state index is 13.5. The Bertz CT molecular complexity index is 588. The SMILES string of the molecule is CCn1c(C)cc(CNc2cc(F)ccc2F)c1C. The van der Waals surface area contributed by atoms with E-state index in [2.05, 4.69) is 22.9 Å². The van der Waals surface area contributed by atoms with Crippen LogP contribution < -0.4 is 5.32 Å². The summed E-state index contributed by atoms with van der Waals surface area (Å²) >= 11 is 0. The van der Waals surface area contributed by atoms with Crippen molar-refractivity contribution in [3.05, 3.63) is 52.9 Å². The van der Waals surface area contributed by atoms with Crippen molar-refractivity contribution >= 4 is 5.69 Å². The molecule has 1 heterocycles. The van der Waals surface area contributed by atoms with Gasteiger partial charge in [0.1, 0.15) is 11.6 Å². The van der Waals surface area contributed by atoms with E-state index in [0.29, 0.717) is 6.54 Å². The highest BCUT2D eigenvalue weighted by molar-refractivity contribution is 5.46. The number of nitrogens with zero attached hydrogens (tertiary/aromatic N) is 1. The van der Waals surface area contributed by atoms with Crippen LogP contribution in [0.1, 0.15) is 23.9 Å². The first-order valence-corrected chi connectivity index (χ1v) is 6.37. The van der Waals surface area contributed by atoms with E-state index in [1.165, 1.54) is 11.8 Å². The van der Waals surface area contributed by atoms with E-state index in [1.54, 1.807) is 0 Å². The lowest BCUT2D eigenvalue weighted by Gasteiger charge is -2.09. The smallest absolute Gasteiger partial charge is 0.146 e. The second-order valence-corrected chi connectivity index (χ2v) is 4.62. The van der Waals surface area contributed by atoms with Crippen molar-refractivity contribution in [2.75, 3.05) is 5.32 Å². The second kappa shape index (κ2) is 5.43. The van der Waals surface area contributed by atoms with Crippen LogP contribution >= 0.6 is 0 Å². The van der Waals surface area contributed by atoms with Crippen LogP contribution in [0.4, 0.5) is 14.5 Å². The number of rotatable bonds is 4. The van der Waals surface area contributed by atoms with Crippen LogP contribution in [0.25, 0.3) is 0 Å². The third-order valence-electron chi connectivity index (χ3n) is 3.39. The van der Waals surface area contributed by atoms with Gasteiger partial charge < -0.3 is 9.88 Å². The number of anilines is 1. The first-order chi connectivity index (χ1) is 9.02. The summed E-state index contributed by atoms with van der Waals surface area (Å²) in [5.74, 6) is -0.881. The summed E-state index contributed by atoms with van der Waals surface area (Å²) in [4.78, 5) is 0. The van der Waals surface area contributed by atoms with Gasteiger partial charge in [0.15, 0.2) is 0 Å². The minimum absolute atomic E-state index is 0.196. The molecule has 0 fully saturated rings. The molecule has 1 aromatic heterocycles. The zero-order valence-corrected chi connectivity index (χ0v) is 11.4. The van der Waals surface area contributed by atoms with Crippen molar-refractivity contribution in [3.63, 3.8) is 0 Å². The Morgan fingerprint density at radius 2 is 1.89 bits per heavy atom. The molecule has 19 heavy (non-hydrogen) atoms. The minimum atomic E-state index is -0.442. The summed E-state index contributed by atoms with van der Waals surface area (Å²) in [6, 6.07) is 5.49. The quantitative estimate of drug-likeness (QED) is 0.882. The van der Waals surface area contributed by atoms with Crippen molar-refractivity contribution in [1.82, 2.24) is 4.57 Å². The molecule has 0 saturated heterocycles. The van der Waals surface area contributed by atoms with Gasteiger partial charge in [-0.25, -0.2) is 8.78 Å². The van der Waals surface area contributed by atoms with E-state index >= 15 is 0 Å². The highest BCUT2D eigenvalue weighted by atomic mass is 19.1.